The van der Waals surface area contributed by atoms with E-state index in [2.05, 4.69) is 21.2 Å². The molecule has 1 saturated carbocycles. The Labute approximate surface area is 121 Å². The van der Waals surface area contributed by atoms with Crippen LogP contribution < -0.4 is 15.8 Å². The van der Waals surface area contributed by atoms with Crippen LogP contribution >= 0.6 is 15.9 Å². The normalized spacial score (nSPS) is 17.2. The molecule has 0 aromatic heterocycles. The van der Waals surface area contributed by atoms with E-state index in [1.807, 2.05) is 18.2 Å². The van der Waals surface area contributed by atoms with E-state index in [1.165, 1.54) is 0 Å². The van der Waals surface area contributed by atoms with Gasteiger partial charge in [0.25, 0.3) is 0 Å². The number of amides is 1. The summed E-state index contributed by atoms with van der Waals surface area (Å²) in [6.45, 7) is 0.486. The molecule has 1 aromatic rings. The van der Waals surface area contributed by atoms with Crippen LogP contribution in [0.25, 0.3) is 0 Å². The largest absolute Gasteiger partial charge is 0.496 e. The number of methoxy groups -OCH3 is 1. The molecule has 0 saturated heterocycles. The molecule has 1 aromatic carbocycles. The van der Waals surface area contributed by atoms with Crippen LogP contribution in [0.15, 0.2) is 22.7 Å². The molecule has 0 bridgehead atoms. The summed E-state index contributed by atoms with van der Waals surface area (Å²) in [6.07, 6.45) is 3.65. The lowest BCUT2D eigenvalue weighted by molar-refractivity contribution is -0.126. The van der Waals surface area contributed by atoms with Crippen molar-refractivity contribution in [2.24, 2.45) is 5.73 Å². The highest BCUT2D eigenvalue weighted by atomic mass is 79.9. The molecule has 104 valence electrons. The number of benzene rings is 1. The number of carbonyl (C=O) groups excluding carboxylic acids is 1. The summed E-state index contributed by atoms with van der Waals surface area (Å²) < 4.78 is 6.05. The zero-order valence-corrected chi connectivity index (χ0v) is 12.6. The molecule has 0 aliphatic heterocycles. The minimum absolute atomic E-state index is 0.0445. The second-order valence-corrected chi connectivity index (χ2v) is 5.87. The van der Waals surface area contributed by atoms with Gasteiger partial charge in [-0.1, -0.05) is 18.9 Å². The van der Waals surface area contributed by atoms with Crippen LogP contribution in [0.4, 0.5) is 0 Å². The zero-order valence-electron chi connectivity index (χ0n) is 11.0. The lowest BCUT2D eigenvalue weighted by atomic mass is 9.98. The molecule has 4 nitrogen and oxygen atoms in total. The Balaban J connectivity index is 1.95. The minimum atomic E-state index is -0.663. The van der Waals surface area contributed by atoms with Crippen molar-refractivity contribution in [1.29, 1.82) is 0 Å². The highest BCUT2D eigenvalue weighted by Gasteiger charge is 2.36. The summed E-state index contributed by atoms with van der Waals surface area (Å²) in [5, 5.41) is 2.92. The second kappa shape index (κ2) is 5.92. The average molecular weight is 327 g/mol. The van der Waals surface area contributed by atoms with Crippen LogP contribution in [-0.4, -0.2) is 18.6 Å². The first-order valence-corrected chi connectivity index (χ1v) is 7.24. The first-order valence-electron chi connectivity index (χ1n) is 6.45. The highest BCUT2D eigenvalue weighted by Crippen LogP contribution is 2.28. The molecule has 0 atom stereocenters. The van der Waals surface area contributed by atoms with Crippen molar-refractivity contribution >= 4 is 21.8 Å². The molecule has 1 aliphatic carbocycles. The van der Waals surface area contributed by atoms with E-state index >= 15 is 0 Å². The number of nitrogens with one attached hydrogen (secondary N) is 1. The number of ether oxygens (including phenoxy) is 1. The maximum atomic E-state index is 12.1. The van der Waals surface area contributed by atoms with Gasteiger partial charge < -0.3 is 15.8 Å². The van der Waals surface area contributed by atoms with Crippen LogP contribution in [0, 0.1) is 0 Å². The standard InChI is InChI=1S/C14H19BrN2O2/c1-19-12-5-4-10(8-11(12)15)9-17-13(18)14(16)6-2-3-7-14/h4-5,8H,2-3,6-7,9,16H2,1H3,(H,17,18). The third-order valence-electron chi connectivity index (χ3n) is 3.62. The minimum Gasteiger partial charge on any atom is -0.496 e. The van der Waals surface area contributed by atoms with Crippen molar-refractivity contribution < 1.29 is 9.53 Å². The van der Waals surface area contributed by atoms with Gasteiger partial charge in [0.1, 0.15) is 5.75 Å². The first-order chi connectivity index (χ1) is 9.05. The predicted octanol–water partition coefficient (Wildman–Crippen LogP) is 2.35. The molecule has 19 heavy (non-hydrogen) atoms. The lowest BCUT2D eigenvalue weighted by Gasteiger charge is -2.22. The molecule has 0 spiro atoms. The molecule has 1 fully saturated rings. The summed E-state index contributed by atoms with van der Waals surface area (Å²) in [5.41, 5.74) is 6.45. The Morgan fingerprint density at radius 1 is 1.47 bits per heavy atom. The van der Waals surface area contributed by atoms with Gasteiger partial charge in [-0.3, -0.25) is 4.79 Å². The van der Waals surface area contributed by atoms with Crippen molar-refractivity contribution in [2.75, 3.05) is 7.11 Å². The average Bonchev–Trinajstić information content (AvgIpc) is 2.84. The predicted molar refractivity (Wildman–Crippen MR) is 77.9 cm³/mol. The highest BCUT2D eigenvalue weighted by molar-refractivity contribution is 9.10. The van der Waals surface area contributed by atoms with Crippen molar-refractivity contribution in [1.82, 2.24) is 5.32 Å². The van der Waals surface area contributed by atoms with Gasteiger partial charge in [0.15, 0.2) is 0 Å². The molecule has 0 heterocycles. The number of hydrogen-bond acceptors (Lipinski definition) is 3. The number of carbonyl (C=O) groups is 1. The molecule has 5 heteroatoms. The van der Waals surface area contributed by atoms with Crippen molar-refractivity contribution in [3.8, 4) is 5.75 Å². The van der Waals surface area contributed by atoms with Crippen molar-refractivity contribution in [3.63, 3.8) is 0 Å². The van der Waals surface area contributed by atoms with Gasteiger partial charge in [0, 0.05) is 6.54 Å². The number of hydrogen-bond donors (Lipinski definition) is 2. The first kappa shape index (κ1) is 14.3. The van der Waals surface area contributed by atoms with Crippen LogP contribution in [0.5, 0.6) is 5.75 Å². The molecular weight excluding hydrogens is 308 g/mol. The fourth-order valence-corrected chi connectivity index (χ4v) is 3.00. The van der Waals surface area contributed by atoms with Gasteiger partial charge in [-0.05, 0) is 46.5 Å². The Bertz CT molecular complexity index is 471. The van der Waals surface area contributed by atoms with Crippen LogP contribution in [0.2, 0.25) is 0 Å². The molecule has 0 radical (unpaired) electrons. The topological polar surface area (TPSA) is 64.3 Å². The van der Waals surface area contributed by atoms with E-state index in [-0.39, 0.29) is 5.91 Å². The molecule has 0 unspecified atom stereocenters. The second-order valence-electron chi connectivity index (χ2n) is 5.01. The Morgan fingerprint density at radius 2 is 2.16 bits per heavy atom. The summed E-state index contributed by atoms with van der Waals surface area (Å²) in [6, 6.07) is 5.75. The monoisotopic (exact) mass is 326 g/mol. The maximum Gasteiger partial charge on any atom is 0.240 e. The van der Waals surface area contributed by atoms with E-state index in [0.717, 1.165) is 41.5 Å². The fourth-order valence-electron chi connectivity index (χ4n) is 2.41. The summed E-state index contributed by atoms with van der Waals surface area (Å²) >= 11 is 3.43. The van der Waals surface area contributed by atoms with E-state index in [0.29, 0.717) is 6.54 Å². The number of halogens is 1. The SMILES string of the molecule is COc1ccc(CNC(=O)C2(N)CCCC2)cc1Br. The van der Waals surface area contributed by atoms with Crippen LogP contribution in [-0.2, 0) is 11.3 Å². The van der Waals surface area contributed by atoms with E-state index < -0.39 is 5.54 Å². The molecular formula is C14H19BrN2O2. The zero-order chi connectivity index (χ0) is 13.9. The quantitative estimate of drug-likeness (QED) is 0.892. The summed E-state index contributed by atoms with van der Waals surface area (Å²) in [7, 11) is 1.62. The van der Waals surface area contributed by atoms with Gasteiger partial charge in [0.2, 0.25) is 5.91 Å². The Kier molecular flexibility index (Phi) is 4.47. The van der Waals surface area contributed by atoms with Gasteiger partial charge in [-0.15, -0.1) is 0 Å². The molecule has 1 amide bonds. The number of rotatable bonds is 4. The van der Waals surface area contributed by atoms with E-state index in [4.69, 9.17) is 10.5 Å². The maximum absolute atomic E-state index is 12.1. The third-order valence-corrected chi connectivity index (χ3v) is 4.24. The summed E-state index contributed by atoms with van der Waals surface area (Å²) in [5.74, 6) is 0.734. The molecule has 1 aliphatic rings. The van der Waals surface area contributed by atoms with Gasteiger partial charge in [0.05, 0.1) is 17.1 Å². The van der Waals surface area contributed by atoms with Crippen molar-refractivity contribution in [3.05, 3.63) is 28.2 Å². The fraction of sp³-hybridized carbons (Fsp3) is 0.500. The van der Waals surface area contributed by atoms with Crippen LogP contribution in [0.1, 0.15) is 31.2 Å². The van der Waals surface area contributed by atoms with Crippen molar-refractivity contribution in [2.45, 2.75) is 37.8 Å². The number of nitrogens with two attached hydrogens (primary N) is 1. The Hall–Kier alpha value is -1.07. The van der Waals surface area contributed by atoms with E-state index in [1.54, 1.807) is 7.11 Å². The summed E-state index contributed by atoms with van der Waals surface area (Å²) in [4.78, 5) is 12.1. The Morgan fingerprint density at radius 3 is 2.74 bits per heavy atom. The smallest absolute Gasteiger partial charge is 0.240 e. The van der Waals surface area contributed by atoms with Gasteiger partial charge in [-0.25, -0.2) is 0 Å². The lowest BCUT2D eigenvalue weighted by Crippen LogP contribution is -2.51. The van der Waals surface area contributed by atoms with Crippen LogP contribution in [0.3, 0.4) is 0 Å². The van der Waals surface area contributed by atoms with Gasteiger partial charge in [-0.2, -0.15) is 0 Å². The molecule has 2 rings (SSSR count). The third kappa shape index (κ3) is 3.28. The molecule has 3 N–H and O–H groups in total. The van der Waals surface area contributed by atoms with E-state index in [9.17, 15) is 4.79 Å². The van der Waals surface area contributed by atoms with Gasteiger partial charge >= 0.3 is 0 Å².